The molecule has 2 aromatic rings. The third-order valence-electron chi connectivity index (χ3n) is 5.71. The van der Waals surface area contributed by atoms with Gasteiger partial charge in [-0.1, -0.05) is 23.7 Å². The normalized spacial score (nSPS) is 17.4. The molecule has 1 atom stereocenters. The fraction of sp³-hybridized carbons (Fsp3) is 0.391. The van der Waals surface area contributed by atoms with E-state index in [0.717, 1.165) is 29.7 Å². The van der Waals surface area contributed by atoms with Gasteiger partial charge in [0, 0.05) is 41.5 Å². The predicted molar refractivity (Wildman–Crippen MR) is 122 cm³/mol. The van der Waals surface area contributed by atoms with Crippen LogP contribution in [0.5, 0.6) is 0 Å². The second-order valence-electron chi connectivity index (χ2n) is 7.82. The summed E-state index contributed by atoms with van der Waals surface area (Å²) < 4.78 is 30.3. The summed E-state index contributed by atoms with van der Waals surface area (Å²) in [7, 11) is -1.86. The van der Waals surface area contributed by atoms with Crippen LogP contribution in [-0.4, -0.2) is 50.1 Å². The molecule has 2 heterocycles. The number of piperidine rings is 1. The topological polar surface area (TPSA) is 76.6 Å². The van der Waals surface area contributed by atoms with E-state index in [2.05, 4.69) is 4.98 Å². The van der Waals surface area contributed by atoms with Crippen molar-refractivity contribution in [3.05, 3.63) is 70.0 Å². The second-order valence-corrected chi connectivity index (χ2v) is 10.2. The van der Waals surface area contributed by atoms with Crippen LogP contribution in [0, 0.1) is 5.92 Å². The fourth-order valence-corrected chi connectivity index (χ4v) is 5.22. The minimum Gasteiger partial charge on any atom is -0.466 e. The average Bonchev–Trinajstić information content (AvgIpc) is 2.75. The number of carbonyl (C=O) groups excluding carboxylic acids is 1. The average molecular weight is 463 g/mol. The van der Waals surface area contributed by atoms with Crippen molar-refractivity contribution >= 4 is 33.7 Å². The smallest absolute Gasteiger partial charge is 0.333 e. The lowest BCUT2D eigenvalue weighted by atomic mass is 9.76. The number of hydrogen-bond acceptors (Lipinski definition) is 5. The summed E-state index contributed by atoms with van der Waals surface area (Å²) in [6.07, 6.45) is 6.24. The van der Waals surface area contributed by atoms with Crippen LogP contribution >= 0.6 is 11.6 Å². The molecule has 1 aromatic heterocycles. The molecule has 0 spiro atoms. The van der Waals surface area contributed by atoms with Crippen LogP contribution in [0.15, 0.2) is 48.2 Å². The maximum absolute atomic E-state index is 12.0. The molecule has 1 aliphatic rings. The highest BCUT2D eigenvalue weighted by atomic mass is 35.5. The summed E-state index contributed by atoms with van der Waals surface area (Å²) in [6.45, 7) is 2.66. The zero-order chi connectivity index (χ0) is 22.6. The fourth-order valence-electron chi connectivity index (χ4n) is 4.16. The molecular weight excluding hydrogens is 436 g/mol. The molecule has 3 rings (SSSR count). The van der Waals surface area contributed by atoms with Crippen LogP contribution in [0.1, 0.15) is 42.5 Å². The first-order valence-electron chi connectivity index (χ1n) is 10.1. The highest BCUT2D eigenvalue weighted by molar-refractivity contribution is 7.88. The SMILES string of the molecule is COC(=O)/C(C)=C/c1cc(Cl)ccc1C(c1ccccn1)C1CCN(S(C)(=O)=O)CC1. The van der Waals surface area contributed by atoms with Crippen LogP contribution in [0.4, 0.5) is 0 Å². The number of sulfonamides is 1. The highest BCUT2D eigenvalue weighted by Crippen LogP contribution is 2.40. The molecular formula is C23H27ClN2O4S. The molecule has 0 amide bonds. The first kappa shape index (κ1) is 23.4. The molecule has 166 valence electrons. The summed E-state index contributed by atoms with van der Waals surface area (Å²) in [5, 5.41) is 0.569. The van der Waals surface area contributed by atoms with Gasteiger partial charge in [0.25, 0.3) is 0 Å². The van der Waals surface area contributed by atoms with E-state index in [-0.39, 0.29) is 11.8 Å². The van der Waals surface area contributed by atoms with Gasteiger partial charge in [-0.15, -0.1) is 0 Å². The van der Waals surface area contributed by atoms with Gasteiger partial charge in [-0.05, 0) is 67.2 Å². The zero-order valence-electron chi connectivity index (χ0n) is 17.9. The Balaban J connectivity index is 2.05. The summed E-state index contributed by atoms with van der Waals surface area (Å²) in [4.78, 5) is 16.6. The van der Waals surface area contributed by atoms with Crippen molar-refractivity contribution in [1.29, 1.82) is 0 Å². The number of halogens is 1. The van der Waals surface area contributed by atoms with E-state index in [9.17, 15) is 13.2 Å². The second kappa shape index (κ2) is 9.94. The summed E-state index contributed by atoms with van der Waals surface area (Å²) in [5.41, 5.74) is 3.21. The number of methoxy groups -OCH3 is 1. The maximum Gasteiger partial charge on any atom is 0.333 e. The van der Waals surface area contributed by atoms with Crippen molar-refractivity contribution in [3.8, 4) is 0 Å². The van der Waals surface area contributed by atoms with Gasteiger partial charge in [-0.2, -0.15) is 0 Å². The van der Waals surface area contributed by atoms with Crippen molar-refractivity contribution in [2.24, 2.45) is 5.92 Å². The van der Waals surface area contributed by atoms with Crippen molar-refractivity contribution in [3.63, 3.8) is 0 Å². The Hall–Kier alpha value is -2.22. The van der Waals surface area contributed by atoms with Crippen molar-refractivity contribution in [2.45, 2.75) is 25.7 Å². The Labute approximate surface area is 188 Å². The standard InChI is InChI=1S/C23H27ClN2O4S/c1-16(23(27)30-2)14-18-15-19(24)7-8-20(18)22(21-6-4-5-11-25-21)17-9-12-26(13-10-17)31(3,28)29/h4-8,11,14-15,17,22H,9-10,12-13H2,1-3H3/b16-14+. The van der Waals surface area contributed by atoms with Crippen LogP contribution < -0.4 is 0 Å². The zero-order valence-corrected chi connectivity index (χ0v) is 19.5. The van der Waals surface area contributed by atoms with Crippen LogP contribution in [0.3, 0.4) is 0 Å². The Morgan fingerprint density at radius 2 is 1.97 bits per heavy atom. The van der Waals surface area contributed by atoms with Crippen molar-refractivity contribution in [2.75, 3.05) is 26.5 Å². The van der Waals surface area contributed by atoms with E-state index in [1.165, 1.54) is 17.7 Å². The van der Waals surface area contributed by atoms with Gasteiger partial charge in [-0.25, -0.2) is 17.5 Å². The van der Waals surface area contributed by atoms with Gasteiger partial charge in [0.2, 0.25) is 10.0 Å². The molecule has 1 saturated heterocycles. The quantitative estimate of drug-likeness (QED) is 0.476. The Morgan fingerprint density at radius 3 is 2.55 bits per heavy atom. The van der Waals surface area contributed by atoms with E-state index >= 15 is 0 Å². The van der Waals surface area contributed by atoms with Gasteiger partial charge in [0.1, 0.15) is 0 Å². The van der Waals surface area contributed by atoms with E-state index in [0.29, 0.717) is 23.7 Å². The number of nitrogens with zero attached hydrogens (tertiary/aromatic N) is 2. The molecule has 0 radical (unpaired) electrons. The van der Waals surface area contributed by atoms with Gasteiger partial charge in [-0.3, -0.25) is 4.98 Å². The molecule has 0 bridgehead atoms. The minimum atomic E-state index is -3.21. The molecule has 8 heteroatoms. The summed E-state index contributed by atoms with van der Waals surface area (Å²) >= 11 is 6.29. The molecule has 1 unspecified atom stereocenters. The molecule has 6 nitrogen and oxygen atoms in total. The third-order valence-corrected chi connectivity index (χ3v) is 7.25. The minimum absolute atomic E-state index is 0.0585. The van der Waals surface area contributed by atoms with E-state index in [1.54, 1.807) is 19.2 Å². The molecule has 1 aliphatic heterocycles. The molecule has 1 aromatic carbocycles. The predicted octanol–water partition coefficient (Wildman–Crippen LogP) is 4.11. The Kier molecular flexibility index (Phi) is 7.51. The van der Waals surface area contributed by atoms with Crippen molar-refractivity contribution < 1.29 is 17.9 Å². The molecule has 0 aliphatic carbocycles. The molecule has 1 fully saturated rings. The number of rotatable bonds is 6. The highest BCUT2D eigenvalue weighted by Gasteiger charge is 2.33. The number of hydrogen-bond donors (Lipinski definition) is 0. The number of esters is 1. The van der Waals surface area contributed by atoms with Crippen molar-refractivity contribution in [1.82, 2.24) is 9.29 Å². The lowest BCUT2D eigenvalue weighted by Crippen LogP contribution is -2.39. The third kappa shape index (κ3) is 5.73. The van der Waals surface area contributed by atoms with Gasteiger partial charge in [0.05, 0.1) is 13.4 Å². The molecule has 0 N–H and O–H groups in total. The van der Waals surface area contributed by atoms with Crippen LogP contribution in [-0.2, 0) is 19.6 Å². The lowest BCUT2D eigenvalue weighted by Gasteiger charge is -2.35. The largest absolute Gasteiger partial charge is 0.466 e. The van der Waals surface area contributed by atoms with Gasteiger partial charge in [0.15, 0.2) is 0 Å². The Bertz CT molecular complexity index is 1060. The van der Waals surface area contributed by atoms with Gasteiger partial charge < -0.3 is 4.74 Å². The number of pyridine rings is 1. The van der Waals surface area contributed by atoms with E-state index in [4.69, 9.17) is 16.3 Å². The maximum atomic E-state index is 12.0. The number of aromatic nitrogens is 1. The van der Waals surface area contributed by atoms with Crippen LogP contribution in [0.2, 0.25) is 5.02 Å². The summed E-state index contributed by atoms with van der Waals surface area (Å²) in [5.74, 6) is -0.265. The van der Waals surface area contributed by atoms with E-state index in [1.807, 2.05) is 36.4 Å². The van der Waals surface area contributed by atoms with E-state index < -0.39 is 16.0 Å². The number of carbonyl (C=O) groups is 1. The van der Waals surface area contributed by atoms with Gasteiger partial charge >= 0.3 is 5.97 Å². The lowest BCUT2D eigenvalue weighted by molar-refractivity contribution is -0.135. The molecule has 31 heavy (non-hydrogen) atoms. The monoisotopic (exact) mass is 462 g/mol. The number of ether oxygens (including phenoxy) is 1. The first-order chi connectivity index (χ1) is 14.7. The number of benzene rings is 1. The summed E-state index contributed by atoms with van der Waals surface area (Å²) in [6, 6.07) is 11.5. The Morgan fingerprint density at radius 1 is 1.26 bits per heavy atom. The van der Waals surface area contributed by atoms with Crippen LogP contribution in [0.25, 0.3) is 6.08 Å². The first-order valence-corrected chi connectivity index (χ1v) is 12.4. The molecule has 0 saturated carbocycles.